The molecule has 3 heteroatoms. The summed E-state index contributed by atoms with van der Waals surface area (Å²) in [4.78, 5) is 0. The van der Waals surface area contributed by atoms with Gasteiger partial charge in [-0.1, -0.05) is 26.7 Å². The van der Waals surface area contributed by atoms with Gasteiger partial charge in [0.05, 0.1) is 11.8 Å². The summed E-state index contributed by atoms with van der Waals surface area (Å²) in [6, 6.07) is 2.13. The second kappa shape index (κ2) is 4.81. The van der Waals surface area contributed by atoms with Crippen molar-refractivity contribution >= 4 is 0 Å². The highest BCUT2D eigenvalue weighted by Gasteiger charge is 2.36. The molecule has 96 valence electrons. The molecule has 0 aromatic carbocycles. The summed E-state index contributed by atoms with van der Waals surface area (Å²) in [5.41, 5.74) is 2.39. The van der Waals surface area contributed by atoms with Crippen molar-refractivity contribution in [2.45, 2.75) is 58.5 Å². The van der Waals surface area contributed by atoms with Crippen LogP contribution in [-0.2, 0) is 19.9 Å². The van der Waals surface area contributed by atoms with E-state index >= 15 is 0 Å². The van der Waals surface area contributed by atoms with Gasteiger partial charge in [-0.2, -0.15) is 5.10 Å². The third-order valence-corrected chi connectivity index (χ3v) is 4.34. The third-order valence-electron chi connectivity index (χ3n) is 4.34. The van der Waals surface area contributed by atoms with Crippen LogP contribution in [-0.4, -0.2) is 21.0 Å². The van der Waals surface area contributed by atoms with Crippen LogP contribution in [0.4, 0.5) is 0 Å². The molecule has 17 heavy (non-hydrogen) atoms. The van der Waals surface area contributed by atoms with Gasteiger partial charge in [0.15, 0.2) is 0 Å². The summed E-state index contributed by atoms with van der Waals surface area (Å²) in [6.07, 6.45) is 6.31. The molecule has 1 atom stereocenters. The maximum Gasteiger partial charge on any atom is 0.0649 e. The van der Waals surface area contributed by atoms with Crippen molar-refractivity contribution in [2.24, 2.45) is 12.5 Å². The number of aromatic nitrogens is 2. The first-order valence-corrected chi connectivity index (χ1v) is 6.75. The maximum absolute atomic E-state index is 10.4. The van der Waals surface area contributed by atoms with Gasteiger partial charge in [0, 0.05) is 19.2 Å². The van der Waals surface area contributed by atoms with E-state index in [0.717, 1.165) is 37.1 Å². The van der Waals surface area contributed by atoms with E-state index in [-0.39, 0.29) is 11.5 Å². The molecular formula is C14H24N2O. The lowest BCUT2D eigenvalue weighted by molar-refractivity contribution is 0.0409. The number of rotatable bonds is 4. The van der Waals surface area contributed by atoms with Crippen LogP contribution in [0, 0.1) is 5.41 Å². The molecule has 1 fully saturated rings. The van der Waals surface area contributed by atoms with E-state index in [4.69, 9.17) is 0 Å². The first kappa shape index (κ1) is 12.6. The zero-order chi connectivity index (χ0) is 12.5. The van der Waals surface area contributed by atoms with Gasteiger partial charge in [0.1, 0.15) is 0 Å². The van der Waals surface area contributed by atoms with Crippen LogP contribution in [0.5, 0.6) is 0 Å². The molecule has 1 aromatic rings. The lowest BCUT2D eigenvalue weighted by atomic mass is 9.80. The molecule has 1 N–H and O–H groups in total. The molecule has 0 amide bonds. The van der Waals surface area contributed by atoms with Crippen LogP contribution in [0.25, 0.3) is 0 Å². The smallest absolute Gasteiger partial charge is 0.0649 e. The maximum atomic E-state index is 10.4. The molecule has 1 heterocycles. The first-order valence-electron chi connectivity index (χ1n) is 6.75. The zero-order valence-corrected chi connectivity index (χ0v) is 11.2. The Balaban J connectivity index is 2.06. The normalized spacial score (nSPS) is 20.7. The second-order valence-corrected chi connectivity index (χ2v) is 5.69. The van der Waals surface area contributed by atoms with E-state index in [1.165, 1.54) is 12.8 Å². The zero-order valence-electron chi connectivity index (χ0n) is 11.2. The van der Waals surface area contributed by atoms with Crippen molar-refractivity contribution in [1.29, 1.82) is 0 Å². The molecule has 0 spiro atoms. The molecule has 1 saturated carbocycles. The fourth-order valence-electron chi connectivity index (χ4n) is 2.90. The van der Waals surface area contributed by atoms with Crippen molar-refractivity contribution in [2.75, 3.05) is 0 Å². The highest BCUT2D eigenvalue weighted by Crippen LogP contribution is 2.41. The van der Waals surface area contributed by atoms with Crippen molar-refractivity contribution in [1.82, 2.24) is 9.78 Å². The average molecular weight is 236 g/mol. The quantitative estimate of drug-likeness (QED) is 0.872. The van der Waals surface area contributed by atoms with Gasteiger partial charge in [-0.3, -0.25) is 4.68 Å². The number of aliphatic hydroxyl groups excluding tert-OH is 1. The average Bonchev–Trinajstić information content (AvgIpc) is 2.87. The lowest BCUT2D eigenvalue weighted by Gasteiger charge is -2.29. The summed E-state index contributed by atoms with van der Waals surface area (Å²) in [5.74, 6) is 0. The highest BCUT2D eigenvalue weighted by molar-refractivity contribution is 5.12. The van der Waals surface area contributed by atoms with Crippen LogP contribution < -0.4 is 0 Å². The Morgan fingerprint density at radius 2 is 2.12 bits per heavy atom. The van der Waals surface area contributed by atoms with Crippen LogP contribution in [0.2, 0.25) is 0 Å². The Labute approximate surface area is 104 Å². The molecule has 1 aliphatic carbocycles. The van der Waals surface area contributed by atoms with Crippen molar-refractivity contribution in [3.05, 3.63) is 17.5 Å². The Morgan fingerprint density at radius 3 is 2.65 bits per heavy atom. The minimum atomic E-state index is -0.231. The predicted molar refractivity (Wildman–Crippen MR) is 68.9 cm³/mol. The predicted octanol–water partition coefficient (Wildman–Crippen LogP) is 2.47. The van der Waals surface area contributed by atoms with Gasteiger partial charge < -0.3 is 5.11 Å². The van der Waals surface area contributed by atoms with Crippen LogP contribution in [0.15, 0.2) is 6.07 Å². The summed E-state index contributed by atoms with van der Waals surface area (Å²) in [6.45, 7) is 4.34. The summed E-state index contributed by atoms with van der Waals surface area (Å²) >= 11 is 0. The van der Waals surface area contributed by atoms with E-state index in [1.54, 1.807) is 0 Å². The van der Waals surface area contributed by atoms with Crippen molar-refractivity contribution in [3.8, 4) is 0 Å². The van der Waals surface area contributed by atoms with Crippen LogP contribution in [0.1, 0.15) is 50.9 Å². The van der Waals surface area contributed by atoms with Gasteiger partial charge >= 0.3 is 0 Å². The second-order valence-electron chi connectivity index (χ2n) is 5.69. The van der Waals surface area contributed by atoms with Gasteiger partial charge in [0.25, 0.3) is 0 Å². The molecular weight excluding hydrogens is 212 g/mol. The molecule has 0 bridgehead atoms. The molecule has 0 saturated heterocycles. The largest absolute Gasteiger partial charge is 0.392 e. The standard InChI is InChI=1S/C14H24N2O/c1-4-11-9-12(16(3)15-11)10-13(17)14(2)7-5-6-8-14/h9,13,17H,4-8,10H2,1-3H3. The Morgan fingerprint density at radius 1 is 1.47 bits per heavy atom. The summed E-state index contributed by atoms with van der Waals surface area (Å²) < 4.78 is 1.92. The van der Waals surface area contributed by atoms with Crippen LogP contribution >= 0.6 is 0 Å². The molecule has 1 unspecified atom stereocenters. The van der Waals surface area contributed by atoms with E-state index in [2.05, 4.69) is 25.0 Å². The fraction of sp³-hybridized carbons (Fsp3) is 0.786. The number of aliphatic hydroxyl groups is 1. The van der Waals surface area contributed by atoms with Gasteiger partial charge in [-0.25, -0.2) is 0 Å². The van der Waals surface area contributed by atoms with Crippen molar-refractivity contribution < 1.29 is 5.11 Å². The monoisotopic (exact) mass is 236 g/mol. The first-order chi connectivity index (χ1) is 8.05. The van der Waals surface area contributed by atoms with Gasteiger partial charge in [0.2, 0.25) is 0 Å². The van der Waals surface area contributed by atoms with Gasteiger partial charge in [-0.15, -0.1) is 0 Å². The molecule has 2 rings (SSSR count). The number of aryl methyl sites for hydroxylation is 2. The number of hydrogen-bond donors (Lipinski definition) is 1. The Bertz CT molecular complexity index is 378. The summed E-state index contributed by atoms with van der Waals surface area (Å²) in [5, 5.41) is 14.9. The minimum absolute atomic E-state index is 0.122. The van der Waals surface area contributed by atoms with E-state index in [0.29, 0.717) is 0 Å². The summed E-state index contributed by atoms with van der Waals surface area (Å²) in [7, 11) is 1.97. The highest BCUT2D eigenvalue weighted by atomic mass is 16.3. The van der Waals surface area contributed by atoms with Gasteiger partial charge in [-0.05, 0) is 30.7 Å². The Kier molecular flexibility index (Phi) is 3.57. The van der Waals surface area contributed by atoms with E-state index in [1.807, 2.05) is 11.7 Å². The van der Waals surface area contributed by atoms with E-state index < -0.39 is 0 Å². The fourth-order valence-corrected chi connectivity index (χ4v) is 2.90. The molecule has 1 aliphatic rings. The molecule has 0 aliphatic heterocycles. The van der Waals surface area contributed by atoms with Crippen LogP contribution in [0.3, 0.4) is 0 Å². The molecule has 1 aromatic heterocycles. The Hall–Kier alpha value is -0.830. The molecule has 0 radical (unpaired) electrons. The lowest BCUT2D eigenvalue weighted by Crippen LogP contribution is -2.31. The van der Waals surface area contributed by atoms with Crippen molar-refractivity contribution in [3.63, 3.8) is 0 Å². The number of hydrogen-bond acceptors (Lipinski definition) is 2. The number of nitrogens with zero attached hydrogens (tertiary/aromatic N) is 2. The SMILES string of the molecule is CCc1cc(CC(O)C2(C)CCCC2)n(C)n1. The minimum Gasteiger partial charge on any atom is -0.392 e. The third kappa shape index (κ3) is 2.54. The van der Waals surface area contributed by atoms with E-state index in [9.17, 15) is 5.11 Å². The topological polar surface area (TPSA) is 38.0 Å². The molecule has 3 nitrogen and oxygen atoms in total.